The Bertz CT molecular complexity index is 523. The van der Waals surface area contributed by atoms with Crippen molar-refractivity contribution in [2.75, 3.05) is 32.1 Å². The van der Waals surface area contributed by atoms with Gasteiger partial charge >= 0.3 is 0 Å². The smallest absolute Gasteiger partial charge is 0.0931 e. The van der Waals surface area contributed by atoms with Crippen LogP contribution in [0.4, 0.5) is 5.69 Å². The Hall–Kier alpha value is -1.55. The molecular weight excluding hydrogens is 224 g/mol. The van der Waals surface area contributed by atoms with Crippen molar-refractivity contribution in [1.82, 2.24) is 14.9 Å². The monoisotopic (exact) mass is 244 g/mol. The molecule has 3 rings (SSSR count). The molecule has 0 spiro atoms. The Morgan fingerprint density at radius 3 is 2.78 bits per heavy atom. The lowest BCUT2D eigenvalue weighted by molar-refractivity contribution is 0.249. The summed E-state index contributed by atoms with van der Waals surface area (Å²) in [5, 5.41) is 0. The number of anilines is 1. The van der Waals surface area contributed by atoms with Crippen LogP contribution in [0, 0.1) is 0 Å². The van der Waals surface area contributed by atoms with Gasteiger partial charge in [-0.25, -0.2) is 4.98 Å². The average molecular weight is 244 g/mol. The molecule has 2 aromatic rings. The van der Waals surface area contributed by atoms with Crippen molar-refractivity contribution < 1.29 is 0 Å². The summed E-state index contributed by atoms with van der Waals surface area (Å²) in [5.74, 6) is 0. The number of nitrogens with zero attached hydrogens (tertiary/aromatic N) is 3. The van der Waals surface area contributed by atoms with E-state index in [0.717, 1.165) is 30.2 Å². The van der Waals surface area contributed by atoms with E-state index < -0.39 is 0 Å². The number of aromatic nitrogens is 2. The number of piperidine rings is 1. The second kappa shape index (κ2) is 4.61. The zero-order valence-corrected chi connectivity index (χ0v) is 11.1. The van der Waals surface area contributed by atoms with Crippen molar-refractivity contribution in [1.29, 1.82) is 0 Å². The first-order valence-corrected chi connectivity index (χ1v) is 6.58. The number of H-pyrrole nitrogens is 1. The Morgan fingerprint density at radius 2 is 2.06 bits per heavy atom. The zero-order chi connectivity index (χ0) is 12.5. The van der Waals surface area contributed by atoms with Crippen LogP contribution in [0.2, 0.25) is 0 Å². The summed E-state index contributed by atoms with van der Waals surface area (Å²) in [5.41, 5.74) is 3.48. The number of rotatable bonds is 2. The molecule has 96 valence electrons. The summed E-state index contributed by atoms with van der Waals surface area (Å²) in [7, 11) is 4.36. The van der Waals surface area contributed by atoms with Gasteiger partial charge in [0.05, 0.1) is 17.4 Å². The predicted molar refractivity (Wildman–Crippen MR) is 75.0 cm³/mol. The fraction of sp³-hybridized carbons (Fsp3) is 0.500. The van der Waals surface area contributed by atoms with Gasteiger partial charge in [-0.05, 0) is 45.1 Å². The lowest BCUT2D eigenvalue weighted by Crippen LogP contribution is -2.41. The van der Waals surface area contributed by atoms with Gasteiger partial charge in [0.25, 0.3) is 0 Å². The molecule has 1 aromatic heterocycles. The third-order valence-corrected chi connectivity index (χ3v) is 3.96. The number of hydrogen-bond acceptors (Lipinski definition) is 3. The molecule has 0 bridgehead atoms. The number of hydrogen-bond donors (Lipinski definition) is 1. The zero-order valence-electron chi connectivity index (χ0n) is 11.1. The summed E-state index contributed by atoms with van der Waals surface area (Å²) in [4.78, 5) is 12.3. The standard InChI is InChI=1S/C14H20N4/c1-17(2)11-5-7-18(8-6-11)12-3-4-13-14(9-12)16-10-15-13/h3-4,9-11H,5-8H2,1-2H3,(H,15,16). The fourth-order valence-electron chi connectivity index (χ4n) is 2.76. The Balaban J connectivity index is 1.75. The average Bonchev–Trinajstić information content (AvgIpc) is 2.86. The van der Waals surface area contributed by atoms with Crippen molar-refractivity contribution >= 4 is 16.7 Å². The molecule has 1 aromatic carbocycles. The molecule has 0 saturated carbocycles. The second-order valence-electron chi connectivity index (χ2n) is 5.29. The largest absolute Gasteiger partial charge is 0.371 e. The van der Waals surface area contributed by atoms with E-state index in [4.69, 9.17) is 0 Å². The normalized spacial score (nSPS) is 17.8. The van der Waals surface area contributed by atoms with Gasteiger partial charge in [0, 0.05) is 24.8 Å². The van der Waals surface area contributed by atoms with Gasteiger partial charge in [-0.2, -0.15) is 0 Å². The number of aromatic amines is 1. The molecule has 1 saturated heterocycles. The third-order valence-electron chi connectivity index (χ3n) is 3.96. The Morgan fingerprint density at radius 1 is 1.28 bits per heavy atom. The minimum Gasteiger partial charge on any atom is -0.371 e. The van der Waals surface area contributed by atoms with Crippen LogP contribution in [0.5, 0.6) is 0 Å². The van der Waals surface area contributed by atoms with Crippen LogP contribution in [0.1, 0.15) is 12.8 Å². The van der Waals surface area contributed by atoms with Gasteiger partial charge in [0.15, 0.2) is 0 Å². The van der Waals surface area contributed by atoms with E-state index in [9.17, 15) is 0 Å². The van der Waals surface area contributed by atoms with E-state index in [-0.39, 0.29) is 0 Å². The Labute approximate surface area is 108 Å². The van der Waals surface area contributed by atoms with Crippen molar-refractivity contribution in [3.8, 4) is 0 Å². The molecule has 0 aliphatic carbocycles. The SMILES string of the molecule is CN(C)C1CCN(c2ccc3nc[nH]c3c2)CC1. The highest BCUT2D eigenvalue weighted by molar-refractivity contribution is 5.79. The summed E-state index contributed by atoms with van der Waals surface area (Å²) < 4.78 is 0. The molecule has 0 atom stereocenters. The van der Waals surface area contributed by atoms with Gasteiger partial charge in [0.2, 0.25) is 0 Å². The number of imidazole rings is 1. The summed E-state index contributed by atoms with van der Waals surface area (Å²) >= 11 is 0. The van der Waals surface area contributed by atoms with E-state index in [2.05, 4.69) is 52.1 Å². The maximum Gasteiger partial charge on any atom is 0.0931 e. The van der Waals surface area contributed by atoms with Crippen molar-refractivity contribution in [2.45, 2.75) is 18.9 Å². The lowest BCUT2D eigenvalue weighted by Gasteiger charge is -2.36. The van der Waals surface area contributed by atoms with E-state index >= 15 is 0 Å². The van der Waals surface area contributed by atoms with E-state index in [1.165, 1.54) is 18.5 Å². The van der Waals surface area contributed by atoms with Crippen molar-refractivity contribution in [2.24, 2.45) is 0 Å². The molecule has 0 unspecified atom stereocenters. The number of benzene rings is 1. The molecule has 4 heteroatoms. The number of nitrogens with one attached hydrogen (secondary N) is 1. The maximum atomic E-state index is 4.26. The Kier molecular flexibility index (Phi) is 2.96. The van der Waals surface area contributed by atoms with Crippen LogP contribution in [-0.2, 0) is 0 Å². The van der Waals surface area contributed by atoms with Crippen LogP contribution < -0.4 is 4.90 Å². The van der Waals surface area contributed by atoms with Gasteiger partial charge < -0.3 is 14.8 Å². The van der Waals surface area contributed by atoms with Gasteiger partial charge in [-0.1, -0.05) is 0 Å². The molecule has 2 heterocycles. The molecule has 1 N–H and O–H groups in total. The molecule has 1 aliphatic rings. The first kappa shape index (κ1) is 11.5. The molecule has 18 heavy (non-hydrogen) atoms. The van der Waals surface area contributed by atoms with E-state index in [1.807, 2.05) is 0 Å². The quantitative estimate of drug-likeness (QED) is 0.878. The number of fused-ring (bicyclic) bond motifs is 1. The highest BCUT2D eigenvalue weighted by atomic mass is 15.2. The highest BCUT2D eigenvalue weighted by Crippen LogP contribution is 2.24. The minimum absolute atomic E-state index is 0.733. The van der Waals surface area contributed by atoms with Gasteiger partial charge in [0.1, 0.15) is 0 Å². The first-order chi connectivity index (χ1) is 8.74. The van der Waals surface area contributed by atoms with Crippen LogP contribution >= 0.6 is 0 Å². The fourth-order valence-corrected chi connectivity index (χ4v) is 2.76. The topological polar surface area (TPSA) is 35.2 Å². The molecular formula is C14H20N4. The molecule has 1 fully saturated rings. The van der Waals surface area contributed by atoms with E-state index in [0.29, 0.717) is 0 Å². The molecule has 1 aliphatic heterocycles. The summed E-state index contributed by atoms with van der Waals surface area (Å²) in [6, 6.07) is 7.22. The van der Waals surface area contributed by atoms with Crippen molar-refractivity contribution in [3.63, 3.8) is 0 Å². The maximum absolute atomic E-state index is 4.26. The van der Waals surface area contributed by atoms with Gasteiger partial charge in [-0.3, -0.25) is 0 Å². The first-order valence-electron chi connectivity index (χ1n) is 6.58. The molecule has 4 nitrogen and oxygen atoms in total. The van der Waals surface area contributed by atoms with E-state index in [1.54, 1.807) is 6.33 Å². The molecule has 0 amide bonds. The summed E-state index contributed by atoms with van der Waals surface area (Å²) in [6.07, 6.45) is 4.24. The lowest BCUT2D eigenvalue weighted by atomic mass is 10.0. The van der Waals surface area contributed by atoms with Crippen LogP contribution in [-0.4, -0.2) is 48.1 Å². The summed E-state index contributed by atoms with van der Waals surface area (Å²) in [6.45, 7) is 2.28. The highest BCUT2D eigenvalue weighted by Gasteiger charge is 2.20. The second-order valence-corrected chi connectivity index (χ2v) is 5.29. The predicted octanol–water partition coefficient (Wildman–Crippen LogP) is 2.09. The van der Waals surface area contributed by atoms with Crippen LogP contribution in [0.3, 0.4) is 0 Å². The minimum atomic E-state index is 0.733. The van der Waals surface area contributed by atoms with Crippen LogP contribution in [0.15, 0.2) is 24.5 Å². The third kappa shape index (κ3) is 2.08. The van der Waals surface area contributed by atoms with Gasteiger partial charge in [-0.15, -0.1) is 0 Å². The van der Waals surface area contributed by atoms with Crippen LogP contribution in [0.25, 0.3) is 11.0 Å². The molecule has 0 radical (unpaired) electrons. The van der Waals surface area contributed by atoms with Crippen molar-refractivity contribution in [3.05, 3.63) is 24.5 Å².